The standard InChI is InChI=1S/C19H10FN3/c1-22-17-11-14(7-8-16(17)20)19-15(9-10-23-18(19)12-21)13-5-3-2-4-6-13/h2-11H. The molecule has 1 heterocycles. The van der Waals surface area contributed by atoms with Crippen molar-refractivity contribution in [1.29, 1.82) is 5.26 Å². The largest absolute Gasteiger partial charge is 0.245 e. The van der Waals surface area contributed by atoms with Crippen molar-refractivity contribution in [3.63, 3.8) is 0 Å². The van der Waals surface area contributed by atoms with Gasteiger partial charge in [-0.25, -0.2) is 14.2 Å². The molecule has 1 aromatic heterocycles. The van der Waals surface area contributed by atoms with Crippen molar-refractivity contribution in [3.05, 3.63) is 83.7 Å². The Morgan fingerprint density at radius 3 is 2.52 bits per heavy atom. The highest BCUT2D eigenvalue weighted by molar-refractivity contribution is 5.87. The molecular formula is C19H10FN3. The molecule has 108 valence electrons. The average Bonchev–Trinajstić information content (AvgIpc) is 2.62. The molecule has 0 N–H and O–H groups in total. The highest BCUT2D eigenvalue weighted by Crippen LogP contribution is 2.36. The second-order valence-electron chi connectivity index (χ2n) is 4.84. The van der Waals surface area contributed by atoms with Crippen molar-refractivity contribution < 1.29 is 4.39 Å². The average molecular weight is 299 g/mol. The first-order valence-corrected chi connectivity index (χ1v) is 6.86. The summed E-state index contributed by atoms with van der Waals surface area (Å²) >= 11 is 0. The van der Waals surface area contributed by atoms with Gasteiger partial charge in [-0.2, -0.15) is 5.26 Å². The molecule has 0 atom stereocenters. The summed E-state index contributed by atoms with van der Waals surface area (Å²) in [6, 6.07) is 17.7. The van der Waals surface area contributed by atoms with Crippen molar-refractivity contribution in [2.45, 2.75) is 0 Å². The summed E-state index contributed by atoms with van der Waals surface area (Å²) in [6.45, 7) is 7.06. The molecular weight excluding hydrogens is 289 g/mol. The summed E-state index contributed by atoms with van der Waals surface area (Å²) in [5, 5.41) is 9.39. The Morgan fingerprint density at radius 2 is 1.83 bits per heavy atom. The molecule has 3 aromatic rings. The first-order valence-electron chi connectivity index (χ1n) is 6.86. The fraction of sp³-hybridized carbons (Fsp3) is 0. The van der Waals surface area contributed by atoms with Crippen LogP contribution in [0.4, 0.5) is 10.1 Å². The number of aromatic nitrogens is 1. The maximum atomic E-state index is 13.6. The van der Waals surface area contributed by atoms with E-state index in [0.29, 0.717) is 11.1 Å². The minimum Gasteiger partial charge on any atom is -0.245 e. The van der Waals surface area contributed by atoms with Crippen LogP contribution < -0.4 is 0 Å². The SMILES string of the molecule is [C-]#[N+]c1cc(-c2c(-c3ccccc3)ccnc2C#N)ccc1F. The van der Waals surface area contributed by atoms with Gasteiger partial charge in [-0.05, 0) is 34.9 Å². The zero-order valence-corrected chi connectivity index (χ0v) is 12.0. The smallest absolute Gasteiger partial charge is 0.222 e. The molecule has 4 heteroatoms. The normalized spacial score (nSPS) is 9.87. The Labute approximate surface area is 133 Å². The van der Waals surface area contributed by atoms with Gasteiger partial charge < -0.3 is 0 Å². The Kier molecular flexibility index (Phi) is 3.82. The van der Waals surface area contributed by atoms with E-state index in [4.69, 9.17) is 6.57 Å². The van der Waals surface area contributed by atoms with E-state index in [1.54, 1.807) is 12.3 Å². The van der Waals surface area contributed by atoms with Crippen molar-refractivity contribution in [3.8, 4) is 28.3 Å². The minimum atomic E-state index is -0.576. The van der Waals surface area contributed by atoms with Gasteiger partial charge >= 0.3 is 0 Å². The molecule has 0 radical (unpaired) electrons. The van der Waals surface area contributed by atoms with Gasteiger partial charge in [0.15, 0.2) is 0 Å². The van der Waals surface area contributed by atoms with Gasteiger partial charge in [0.2, 0.25) is 5.69 Å². The predicted octanol–water partition coefficient (Wildman–Crippen LogP) is 4.98. The van der Waals surface area contributed by atoms with Crippen LogP contribution in [0.1, 0.15) is 5.69 Å². The number of hydrogen-bond donors (Lipinski definition) is 0. The number of rotatable bonds is 2. The van der Waals surface area contributed by atoms with E-state index in [-0.39, 0.29) is 11.4 Å². The number of nitriles is 1. The van der Waals surface area contributed by atoms with Crippen LogP contribution in [-0.2, 0) is 0 Å². The highest BCUT2D eigenvalue weighted by Gasteiger charge is 2.15. The lowest BCUT2D eigenvalue weighted by molar-refractivity contribution is 0.634. The van der Waals surface area contributed by atoms with Gasteiger partial charge in [0.05, 0.1) is 6.57 Å². The van der Waals surface area contributed by atoms with Crippen molar-refractivity contribution in [2.24, 2.45) is 0 Å². The van der Waals surface area contributed by atoms with Crippen molar-refractivity contribution in [2.75, 3.05) is 0 Å². The van der Waals surface area contributed by atoms with Gasteiger partial charge in [-0.15, -0.1) is 0 Å². The molecule has 3 nitrogen and oxygen atoms in total. The van der Waals surface area contributed by atoms with Gasteiger partial charge in [-0.3, -0.25) is 0 Å². The molecule has 0 aliphatic heterocycles. The van der Waals surface area contributed by atoms with Crippen LogP contribution >= 0.6 is 0 Å². The molecule has 0 aliphatic carbocycles. The number of benzene rings is 2. The first kappa shape index (κ1) is 14.4. The Hall–Kier alpha value is -3.50. The fourth-order valence-corrected chi connectivity index (χ4v) is 2.45. The Morgan fingerprint density at radius 1 is 1.04 bits per heavy atom. The molecule has 0 spiro atoms. The third-order valence-corrected chi connectivity index (χ3v) is 3.50. The number of hydrogen-bond acceptors (Lipinski definition) is 2. The number of pyridine rings is 1. The molecule has 0 aliphatic rings. The van der Waals surface area contributed by atoms with Crippen LogP contribution in [0.2, 0.25) is 0 Å². The van der Waals surface area contributed by atoms with E-state index in [9.17, 15) is 9.65 Å². The molecule has 3 rings (SSSR count). The van der Waals surface area contributed by atoms with Gasteiger partial charge in [0.25, 0.3) is 0 Å². The monoisotopic (exact) mass is 299 g/mol. The van der Waals surface area contributed by atoms with E-state index < -0.39 is 5.82 Å². The predicted molar refractivity (Wildman–Crippen MR) is 86.0 cm³/mol. The van der Waals surface area contributed by atoms with Crippen LogP contribution in [0.25, 0.3) is 27.1 Å². The zero-order valence-electron chi connectivity index (χ0n) is 12.0. The molecule has 0 saturated carbocycles. The lowest BCUT2D eigenvalue weighted by Gasteiger charge is -2.12. The second-order valence-corrected chi connectivity index (χ2v) is 4.84. The third kappa shape index (κ3) is 2.66. The topological polar surface area (TPSA) is 41.0 Å². The molecule has 0 unspecified atom stereocenters. The number of nitrogens with zero attached hydrogens (tertiary/aromatic N) is 3. The molecule has 0 saturated heterocycles. The maximum absolute atomic E-state index is 13.6. The quantitative estimate of drug-likeness (QED) is 0.626. The van der Waals surface area contributed by atoms with Crippen LogP contribution in [0.5, 0.6) is 0 Å². The van der Waals surface area contributed by atoms with E-state index in [2.05, 4.69) is 15.9 Å². The molecule has 0 fully saturated rings. The van der Waals surface area contributed by atoms with Crippen LogP contribution in [0.15, 0.2) is 60.8 Å². The molecule has 2 aromatic carbocycles. The zero-order chi connectivity index (χ0) is 16.2. The van der Waals surface area contributed by atoms with E-state index in [0.717, 1.165) is 11.1 Å². The number of halogens is 1. The van der Waals surface area contributed by atoms with Crippen molar-refractivity contribution >= 4 is 5.69 Å². The molecule has 23 heavy (non-hydrogen) atoms. The summed E-state index contributed by atoms with van der Waals surface area (Å²) in [5.74, 6) is -0.576. The summed E-state index contributed by atoms with van der Waals surface area (Å²) in [5.41, 5.74) is 3.12. The van der Waals surface area contributed by atoms with Gasteiger partial charge in [0.1, 0.15) is 17.6 Å². The fourth-order valence-electron chi connectivity index (χ4n) is 2.45. The lowest BCUT2D eigenvalue weighted by atomic mass is 9.93. The third-order valence-electron chi connectivity index (χ3n) is 3.50. The Balaban J connectivity index is 2.31. The summed E-state index contributed by atoms with van der Waals surface area (Å²) < 4.78 is 13.6. The van der Waals surface area contributed by atoms with Gasteiger partial charge in [0, 0.05) is 11.8 Å². The van der Waals surface area contributed by atoms with E-state index >= 15 is 0 Å². The molecule has 0 amide bonds. The first-order chi connectivity index (χ1) is 11.2. The Bertz CT molecular complexity index is 951. The maximum Gasteiger partial charge on any atom is 0.222 e. The van der Waals surface area contributed by atoms with Gasteiger partial charge in [-0.1, -0.05) is 36.4 Å². The van der Waals surface area contributed by atoms with E-state index in [1.165, 1.54) is 12.1 Å². The van der Waals surface area contributed by atoms with Crippen molar-refractivity contribution in [1.82, 2.24) is 4.98 Å². The van der Waals surface area contributed by atoms with Crippen LogP contribution in [0.3, 0.4) is 0 Å². The lowest BCUT2D eigenvalue weighted by Crippen LogP contribution is -1.93. The second kappa shape index (κ2) is 6.09. The summed E-state index contributed by atoms with van der Waals surface area (Å²) in [6.07, 6.45) is 1.57. The summed E-state index contributed by atoms with van der Waals surface area (Å²) in [4.78, 5) is 7.29. The van der Waals surface area contributed by atoms with Crippen LogP contribution in [-0.4, -0.2) is 4.98 Å². The highest BCUT2D eigenvalue weighted by atomic mass is 19.1. The molecule has 0 bridgehead atoms. The summed E-state index contributed by atoms with van der Waals surface area (Å²) in [7, 11) is 0. The van der Waals surface area contributed by atoms with E-state index in [1.807, 2.05) is 36.4 Å². The van der Waals surface area contributed by atoms with Crippen LogP contribution in [0, 0.1) is 23.7 Å². The minimum absolute atomic E-state index is 0.0748.